The molecule has 0 aliphatic carbocycles. The first kappa shape index (κ1) is 13.5. The molecule has 0 saturated carbocycles. The van der Waals surface area contributed by atoms with Crippen LogP contribution in [0.3, 0.4) is 0 Å². The number of nitrogens with two attached hydrogens (primary N) is 2. The van der Waals surface area contributed by atoms with Crippen LogP contribution in [-0.2, 0) is 16.1 Å². The zero-order chi connectivity index (χ0) is 13.8. The summed E-state index contributed by atoms with van der Waals surface area (Å²) in [6.45, 7) is 1.63. The zero-order valence-electron chi connectivity index (χ0n) is 10.2. The molecular weight excluding hydrogens is 254 g/mol. The third-order valence-corrected chi connectivity index (χ3v) is 2.85. The maximum absolute atomic E-state index is 11.3. The van der Waals surface area contributed by atoms with E-state index < -0.39 is 17.9 Å². The van der Waals surface area contributed by atoms with Gasteiger partial charge in [0.25, 0.3) is 5.91 Å². The number of rotatable bonds is 4. The normalized spacial score (nSPS) is 20.2. The van der Waals surface area contributed by atoms with Crippen LogP contribution in [0.1, 0.15) is 16.2 Å². The van der Waals surface area contributed by atoms with E-state index >= 15 is 0 Å². The molecule has 104 valence electrons. The molecule has 19 heavy (non-hydrogen) atoms. The molecule has 1 fully saturated rings. The van der Waals surface area contributed by atoms with Gasteiger partial charge in [0.1, 0.15) is 6.04 Å². The molecule has 1 atom stereocenters. The predicted octanol–water partition coefficient (Wildman–Crippen LogP) is -2.04. The largest absolute Gasteiger partial charge is 0.378 e. The Balaban J connectivity index is 2.04. The van der Waals surface area contributed by atoms with Crippen molar-refractivity contribution in [1.82, 2.24) is 15.5 Å². The van der Waals surface area contributed by atoms with Crippen molar-refractivity contribution in [1.29, 1.82) is 0 Å². The van der Waals surface area contributed by atoms with Crippen molar-refractivity contribution >= 4 is 11.8 Å². The third kappa shape index (κ3) is 3.08. The SMILES string of the molecule is NNC(=O)c1cc(CN2CCOCC2C(N)=O)on1. The van der Waals surface area contributed by atoms with E-state index in [1.165, 1.54) is 6.07 Å². The minimum atomic E-state index is -0.538. The number of amides is 2. The molecular formula is C10H15N5O4. The Hall–Kier alpha value is -1.97. The van der Waals surface area contributed by atoms with E-state index in [1.807, 2.05) is 10.3 Å². The van der Waals surface area contributed by atoms with Crippen LogP contribution in [0.5, 0.6) is 0 Å². The second kappa shape index (κ2) is 5.78. The number of carbonyl (C=O) groups excluding carboxylic acids is 2. The highest BCUT2D eigenvalue weighted by atomic mass is 16.5. The first-order valence-electron chi connectivity index (χ1n) is 5.69. The maximum atomic E-state index is 11.3. The molecule has 1 aliphatic rings. The van der Waals surface area contributed by atoms with Gasteiger partial charge in [-0.05, 0) is 0 Å². The Morgan fingerprint density at radius 3 is 3.05 bits per heavy atom. The summed E-state index contributed by atoms with van der Waals surface area (Å²) in [4.78, 5) is 24.3. The highest BCUT2D eigenvalue weighted by Crippen LogP contribution is 2.13. The number of hydrazine groups is 1. The van der Waals surface area contributed by atoms with Crippen molar-refractivity contribution in [2.75, 3.05) is 19.8 Å². The van der Waals surface area contributed by atoms with Gasteiger partial charge in [0.2, 0.25) is 5.91 Å². The van der Waals surface area contributed by atoms with Crippen LogP contribution in [0.15, 0.2) is 10.6 Å². The first-order valence-corrected chi connectivity index (χ1v) is 5.69. The molecule has 2 rings (SSSR count). The lowest BCUT2D eigenvalue weighted by atomic mass is 10.2. The van der Waals surface area contributed by atoms with Gasteiger partial charge in [0, 0.05) is 12.6 Å². The van der Waals surface area contributed by atoms with Gasteiger partial charge >= 0.3 is 0 Å². The minimum Gasteiger partial charge on any atom is -0.378 e. The highest BCUT2D eigenvalue weighted by molar-refractivity contribution is 5.91. The van der Waals surface area contributed by atoms with E-state index in [-0.39, 0.29) is 12.3 Å². The summed E-state index contributed by atoms with van der Waals surface area (Å²) < 4.78 is 10.2. The molecule has 0 radical (unpaired) electrons. The summed E-state index contributed by atoms with van der Waals surface area (Å²) in [6, 6.07) is 0.959. The van der Waals surface area contributed by atoms with E-state index in [9.17, 15) is 9.59 Å². The summed E-state index contributed by atoms with van der Waals surface area (Å²) >= 11 is 0. The fourth-order valence-electron chi connectivity index (χ4n) is 1.86. The fraction of sp³-hybridized carbons (Fsp3) is 0.500. The number of hydrogen-bond donors (Lipinski definition) is 3. The molecule has 5 N–H and O–H groups in total. The molecule has 2 heterocycles. The molecule has 2 amide bonds. The number of nitrogens with one attached hydrogen (secondary N) is 1. The molecule has 1 aromatic rings. The van der Waals surface area contributed by atoms with Crippen LogP contribution in [0, 0.1) is 0 Å². The molecule has 1 aliphatic heterocycles. The standard InChI is InChI=1S/C10H15N5O4/c11-9(16)8-5-18-2-1-15(8)4-6-3-7(14-19-6)10(17)13-12/h3,8H,1-2,4-5,12H2,(H2,11,16)(H,13,17). The second-order valence-corrected chi connectivity index (χ2v) is 4.12. The average Bonchev–Trinajstić information content (AvgIpc) is 2.86. The van der Waals surface area contributed by atoms with Gasteiger partial charge in [-0.2, -0.15) is 0 Å². The fourth-order valence-corrected chi connectivity index (χ4v) is 1.86. The Bertz CT molecular complexity index is 474. The number of nitrogens with zero attached hydrogens (tertiary/aromatic N) is 2. The van der Waals surface area contributed by atoms with Crippen molar-refractivity contribution in [3.05, 3.63) is 17.5 Å². The molecule has 1 aromatic heterocycles. The number of carbonyl (C=O) groups is 2. The lowest BCUT2D eigenvalue weighted by Gasteiger charge is -2.32. The van der Waals surface area contributed by atoms with Gasteiger partial charge in [-0.25, -0.2) is 5.84 Å². The minimum absolute atomic E-state index is 0.0846. The Morgan fingerprint density at radius 2 is 2.37 bits per heavy atom. The van der Waals surface area contributed by atoms with Crippen LogP contribution in [0.25, 0.3) is 0 Å². The molecule has 1 saturated heterocycles. The van der Waals surface area contributed by atoms with Gasteiger partial charge in [0.15, 0.2) is 11.5 Å². The van der Waals surface area contributed by atoms with E-state index in [0.717, 1.165) is 0 Å². The van der Waals surface area contributed by atoms with E-state index in [0.29, 0.717) is 25.5 Å². The Morgan fingerprint density at radius 1 is 1.58 bits per heavy atom. The average molecular weight is 269 g/mol. The van der Waals surface area contributed by atoms with Gasteiger partial charge < -0.3 is 15.0 Å². The molecule has 0 bridgehead atoms. The summed E-state index contributed by atoms with van der Waals surface area (Å²) in [6.07, 6.45) is 0. The van der Waals surface area contributed by atoms with Gasteiger partial charge in [-0.3, -0.25) is 19.9 Å². The lowest BCUT2D eigenvalue weighted by Crippen LogP contribution is -2.51. The second-order valence-electron chi connectivity index (χ2n) is 4.12. The molecule has 9 heteroatoms. The van der Waals surface area contributed by atoms with Crippen LogP contribution in [0.2, 0.25) is 0 Å². The van der Waals surface area contributed by atoms with E-state index in [2.05, 4.69) is 5.16 Å². The molecule has 9 nitrogen and oxygen atoms in total. The van der Waals surface area contributed by atoms with Crippen LogP contribution < -0.4 is 17.0 Å². The summed E-state index contributed by atoms with van der Waals surface area (Å²) in [7, 11) is 0. The number of primary amides is 1. The Labute approximate surface area is 108 Å². The van der Waals surface area contributed by atoms with Gasteiger partial charge in [-0.1, -0.05) is 5.16 Å². The van der Waals surface area contributed by atoms with E-state index in [4.69, 9.17) is 20.8 Å². The highest BCUT2D eigenvalue weighted by Gasteiger charge is 2.28. The number of aromatic nitrogens is 1. The molecule has 0 spiro atoms. The van der Waals surface area contributed by atoms with Crippen molar-refractivity contribution in [3.8, 4) is 0 Å². The van der Waals surface area contributed by atoms with Crippen molar-refractivity contribution in [3.63, 3.8) is 0 Å². The van der Waals surface area contributed by atoms with Gasteiger partial charge in [0.05, 0.1) is 19.8 Å². The summed E-state index contributed by atoms with van der Waals surface area (Å²) in [5, 5.41) is 3.58. The van der Waals surface area contributed by atoms with Crippen LogP contribution in [0.4, 0.5) is 0 Å². The van der Waals surface area contributed by atoms with Crippen LogP contribution >= 0.6 is 0 Å². The quantitative estimate of drug-likeness (QED) is 0.325. The van der Waals surface area contributed by atoms with Gasteiger partial charge in [-0.15, -0.1) is 0 Å². The lowest BCUT2D eigenvalue weighted by molar-refractivity contribution is -0.129. The van der Waals surface area contributed by atoms with Crippen molar-refractivity contribution in [2.24, 2.45) is 11.6 Å². The predicted molar refractivity (Wildman–Crippen MR) is 62.4 cm³/mol. The summed E-state index contributed by atoms with van der Waals surface area (Å²) in [5.41, 5.74) is 7.34. The maximum Gasteiger partial charge on any atom is 0.287 e. The molecule has 1 unspecified atom stereocenters. The Kier molecular flexibility index (Phi) is 4.10. The topological polar surface area (TPSA) is 137 Å². The summed E-state index contributed by atoms with van der Waals surface area (Å²) in [5.74, 6) is 4.44. The zero-order valence-corrected chi connectivity index (χ0v) is 10.2. The molecule has 0 aromatic carbocycles. The first-order chi connectivity index (χ1) is 9.11. The van der Waals surface area contributed by atoms with Crippen LogP contribution in [-0.4, -0.2) is 47.7 Å². The van der Waals surface area contributed by atoms with Crippen molar-refractivity contribution in [2.45, 2.75) is 12.6 Å². The number of hydrogen-bond acceptors (Lipinski definition) is 7. The third-order valence-electron chi connectivity index (χ3n) is 2.85. The number of nitrogen functional groups attached to an aromatic ring is 1. The number of ether oxygens (including phenoxy) is 1. The van der Waals surface area contributed by atoms with Crippen molar-refractivity contribution < 1.29 is 18.8 Å². The van der Waals surface area contributed by atoms with E-state index in [1.54, 1.807) is 0 Å². The number of morpholine rings is 1. The smallest absolute Gasteiger partial charge is 0.287 e. The monoisotopic (exact) mass is 269 g/mol.